The second kappa shape index (κ2) is 7.61. The first-order valence-corrected chi connectivity index (χ1v) is 10.0. The Morgan fingerprint density at radius 3 is 3.11 bits per heavy atom. The van der Waals surface area contributed by atoms with Gasteiger partial charge in [-0.05, 0) is 43.4 Å². The highest BCUT2D eigenvalue weighted by atomic mass is 32.1. The highest BCUT2D eigenvalue weighted by molar-refractivity contribution is 7.13. The predicted octanol–water partition coefficient (Wildman–Crippen LogP) is 1.22. The second-order valence-corrected chi connectivity index (χ2v) is 7.61. The van der Waals surface area contributed by atoms with E-state index < -0.39 is 0 Å². The van der Waals surface area contributed by atoms with E-state index in [9.17, 15) is 9.59 Å². The van der Waals surface area contributed by atoms with Crippen molar-refractivity contribution in [3.63, 3.8) is 0 Å². The van der Waals surface area contributed by atoms with Crippen LogP contribution >= 0.6 is 11.3 Å². The lowest BCUT2D eigenvalue weighted by molar-refractivity contribution is -0.122. The third-order valence-electron chi connectivity index (χ3n) is 5.00. The van der Waals surface area contributed by atoms with Crippen LogP contribution in [0.15, 0.2) is 34.7 Å². The lowest BCUT2D eigenvalue weighted by Crippen LogP contribution is -2.42. The Bertz CT molecular complexity index is 993. The molecule has 1 atom stereocenters. The molecule has 4 rings (SSSR count). The smallest absolute Gasteiger partial charge is 0.293 e. The molecule has 1 saturated heterocycles. The summed E-state index contributed by atoms with van der Waals surface area (Å²) < 4.78 is 2.65. The molecule has 1 N–H and O–H groups in total. The maximum Gasteiger partial charge on any atom is 0.293 e. The van der Waals surface area contributed by atoms with Gasteiger partial charge in [-0.15, -0.1) is 11.3 Å². The SMILES string of the molecule is CCN1CCC[C@H]1CNC(=O)Cn1ncn2nc(-c3cccs3)cc2c1=O. The van der Waals surface area contributed by atoms with Crippen LogP contribution < -0.4 is 10.9 Å². The molecule has 0 saturated carbocycles. The average molecular weight is 386 g/mol. The molecule has 9 heteroatoms. The zero-order chi connectivity index (χ0) is 18.8. The summed E-state index contributed by atoms with van der Waals surface area (Å²) in [7, 11) is 0. The first kappa shape index (κ1) is 17.9. The van der Waals surface area contributed by atoms with E-state index >= 15 is 0 Å². The summed E-state index contributed by atoms with van der Waals surface area (Å²) in [6.07, 6.45) is 3.73. The number of likely N-dealkylation sites (tertiary alicyclic amines) is 1. The summed E-state index contributed by atoms with van der Waals surface area (Å²) in [6, 6.07) is 6.01. The normalized spacial score (nSPS) is 17.6. The molecule has 0 spiro atoms. The van der Waals surface area contributed by atoms with Gasteiger partial charge in [0.15, 0.2) is 0 Å². The van der Waals surface area contributed by atoms with Crippen molar-refractivity contribution in [3.05, 3.63) is 40.3 Å². The van der Waals surface area contributed by atoms with E-state index in [1.807, 2.05) is 17.5 Å². The number of carbonyl (C=O) groups is 1. The molecule has 8 nitrogen and oxygen atoms in total. The summed E-state index contributed by atoms with van der Waals surface area (Å²) in [6.45, 7) is 4.73. The molecule has 1 amide bonds. The van der Waals surface area contributed by atoms with Crippen molar-refractivity contribution < 1.29 is 4.79 Å². The van der Waals surface area contributed by atoms with Gasteiger partial charge < -0.3 is 5.32 Å². The molecule has 3 aromatic heterocycles. The third-order valence-corrected chi connectivity index (χ3v) is 5.89. The Balaban J connectivity index is 1.46. The fourth-order valence-corrected chi connectivity index (χ4v) is 4.24. The highest BCUT2D eigenvalue weighted by Crippen LogP contribution is 2.23. The Morgan fingerprint density at radius 1 is 1.44 bits per heavy atom. The van der Waals surface area contributed by atoms with Crippen LogP contribution in [0.2, 0.25) is 0 Å². The zero-order valence-electron chi connectivity index (χ0n) is 15.2. The first-order chi connectivity index (χ1) is 13.2. The Morgan fingerprint density at radius 2 is 2.33 bits per heavy atom. The predicted molar refractivity (Wildman–Crippen MR) is 104 cm³/mol. The number of nitrogens with one attached hydrogen (secondary N) is 1. The lowest BCUT2D eigenvalue weighted by Gasteiger charge is -2.22. The number of carbonyl (C=O) groups excluding carboxylic acids is 1. The van der Waals surface area contributed by atoms with Crippen molar-refractivity contribution in [2.75, 3.05) is 19.6 Å². The van der Waals surface area contributed by atoms with Crippen LogP contribution in [-0.2, 0) is 11.3 Å². The quantitative estimate of drug-likeness (QED) is 0.689. The highest BCUT2D eigenvalue weighted by Gasteiger charge is 2.23. The monoisotopic (exact) mass is 386 g/mol. The summed E-state index contributed by atoms with van der Waals surface area (Å²) in [5.41, 5.74) is 0.820. The minimum Gasteiger partial charge on any atom is -0.353 e. The van der Waals surface area contributed by atoms with E-state index in [1.165, 1.54) is 21.9 Å². The molecule has 4 heterocycles. The Hall–Kier alpha value is -2.52. The maximum atomic E-state index is 12.7. The van der Waals surface area contributed by atoms with Gasteiger partial charge in [-0.2, -0.15) is 10.2 Å². The summed E-state index contributed by atoms with van der Waals surface area (Å²) >= 11 is 1.56. The van der Waals surface area contributed by atoms with E-state index in [-0.39, 0.29) is 18.0 Å². The van der Waals surface area contributed by atoms with Crippen molar-refractivity contribution in [2.45, 2.75) is 32.4 Å². The molecule has 0 radical (unpaired) electrons. The molecule has 0 aliphatic carbocycles. The van der Waals surface area contributed by atoms with Crippen molar-refractivity contribution >= 4 is 22.8 Å². The van der Waals surface area contributed by atoms with Crippen molar-refractivity contribution in [3.8, 4) is 10.6 Å². The van der Waals surface area contributed by atoms with E-state index in [0.29, 0.717) is 18.1 Å². The van der Waals surface area contributed by atoms with E-state index in [1.54, 1.807) is 17.4 Å². The number of hydrogen-bond donors (Lipinski definition) is 1. The molecular formula is C18H22N6O2S. The average Bonchev–Trinajstić information content (AvgIpc) is 3.41. The zero-order valence-corrected chi connectivity index (χ0v) is 16.0. The van der Waals surface area contributed by atoms with Crippen LogP contribution in [0.4, 0.5) is 0 Å². The van der Waals surface area contributed by atoms with Gasteiger partial charge in [0.2, 0.25) is 5.91 Å². The summed E-state index contributed by atoms with van der Waals surface area (Å²) in [5.74, 6) is -0.199. The molecular weight excluding hydrogens is 364 g/mol. The van der Waals surface area contributed by atoms with Crippen LogP contribution in [-0.4, -0.2) is 55.9 Å². The van der Waals surface area contributed by atoms with Gasteiger partial charge in [0, 0.05) is 12.6 Å². The Kier molecular flexibility index (Phi) is 5.04. The standard InChI is InChI=1S/C18H22N6O2S/c1-2-22-7-3-5-13(22)10-19-17(25)11-23-18(26)15-9-14(16-6-4-8-27-16)21-24(15)12-20-23/h4,6,8-9,12-13H,2-3,5,7,10-11H2,1H3,(H,19,25)/t13-/m0/s1. The number of hydrogen-bond acceptors (Lipinski definition) is 6. The maximum absolute atomic E-state index is 12.7. The van der Waals surface area contributed by atoms with Gasteiger partial charge in [-0.1, -0.05) is 13.0 Å². The first-order valence-electron chi connectivity index (χ1n) is 9.16. The van der Waals surface area contributed by atoms with Gasteiger partial charge >= 0.3 is 0 Å². The fraction of sp³-hybridized carbons (Fsp3) is 0.444. The second-order valence-electron chi connectivity index (χ2n) is 6.66. The van der Waals surface area contributed by atoms with Gasteiger partial charge in [0.05, 0.1) is 4.88 Å². The largest absolute Gasteiger partial charge is 0.353 e. The van der Waals surface area contributed by atoms with Crippen LogP contribution in [0.5, 0.6) is 0 Å². The van der Waals surface area contributed by atoms with Gasteiger partial charge in [0.25, 0.3) is 5.56 Å². The molecule has 1 aliphatic heterocycles. The third kappa shape index (κ3) is 3.65. The number of thiophene rings is 1. The molecule has 0 unspecified atom stereocenters. The molecule has 0 bridgehead atoms. The molecule has 1 fully saturated rings. The van der Waals surface area contributed by atoms with Crippen molar-refractivity contribution in [2.24, 2.45) is 0 Å². The minimum absolute atomic E-state index is 0.0896. The molecule has 1 aliphatic rings. The molecule has 142 valence electrons. The summed E-state index contributed by atoms with van der Waals surface area (Å²) in [5, 5.41) is 13.4. The van der Waals surface area contributed by atoms with Crippen LogP contribution in [0.25, 0.3) is 16.1 Å². The van der Waals surface area contributed by atoms with Crippen LogP contribution in [0.1, 0.15) is 19.8 Å². The van der Waals surface area contributed by atoms with Crippen LogP contribution in [0.3, 0.4) is 0 Å². The lowest BCUT2D eigenvalue weighted by atomic mass is 10.2. The fourth-order valence-electron chi connectivity index (χ4n) is 3.56. The number of fused-ring (bicyclic) bond motifs is 1. The molecule has 27 heavy (non-hydrogen) atoms. The Labute approximate surface area is 160 Å². The van der Waals surface area contributed by atoms with Crippen molar-refractivity contribution in [1.82, 2.24) is 29.6 Å². The van der Waals surface area contributed by atoms with E-state index in [4.69, 9.17) is 0 Å². The number of nitrogens with zero attached hydrogens (tertiary/aromatic N) is 5. The summed E-state index contributed by atoms with van der Waals surface area (Å²) in [4.78, 5) is 28.3. The topological polar surface area (TPSA) is 84.5 Å². The van der Waals surface area contributed by atoms with Gasteiger partial charge in [-0.25, -0.2) is 9.20 Å². The minimum atomic E-state index is -0.320. The van der Waals surface area contributed by atoms with Gasteiger partial charge in [0.1, 0.15) is 24.1 Å². The number of amides is 1. The molecule has 0 aromatic carbocycles. The van der Waals surface area contributed by atoms with Crippen LogP contribution in [0, 0.1) is 0 Å². The van der Waals surface area contributed by atoms with E-state index in [2.05, 4.69) is 27.3 Å². The van der Waals surface area contributed by atoms with Crippen molar-refractivity contribution in [1.29, 1.82) is 0 Å². The van der Waals surface area contributed by atoms with Gasteiger partial charge in [-0.3, -0.25) is 14.5 Å². The molecule has 3 aromatic rings. The number of likely N-dealkylation sites (N-methyl/N-ethyl adjacent to an activating group) is 1. The number of rotatable bonds is 6. The van der Waals surface area contributed by atoms with E-state index in [0.717, 1.165) is 30.1 Å². The number of aromatic nitrogens is 4.